The van der Waals surface area contributed by atoms with Gasteiger partial charge in [-0.2, -0.15) is 5.48 Å². The van der Waals surface area contributed by atoms with Crippen LogP contribution in [0.15, 0.2) is 24.3 Å². The van der Waals surface area contributed by atoms with Crippen molar-refractivity contribution in [3.8, 4) is 0 Å². The van der Waals surface area contributed by atoms with E-state index < -0.39 is 17.7 Å². The first kappa shape index (κ1) is 11.2. The number of nitrogens with one attached hydrogen (secondary N) is 1. The lowest BCUT2D eigenvalue weighted by Crippen LogP contribution is -2.26. The molecule has 15 heavy (non-hydrogen) atoms. The average Bonchev–Trinajstić information content (AvgIpc) is 2.26. The van der Waals surface area contributed by atoms with Gasteiger partial charge < -0.3 is 4.84 Å². The molecule has 0 fully saturated rings. The van der Waals surface area contributed by atoms with Gasteiger partial charge in [0.05, 0.1) is 0 Å². The van der Waals surface area contributed by atoms with E-state index in [1.807, 2.05) is 5.48 Å². The summed E-state index contributed by atoms with van der Waals surface area (Å²) in [7, 11) is 0. The van der Waals surface area contributed by atoms with Gasteiger partial charge in [-0.05, 0) is 24.3 Å². The van der Waals surface area contributed by atoms with Gasteiger partial charge in [0.25, 0.3) is 5.91 Å². The lowest BCUT2D eigenvalue weighted by molar-refractivity contribution is -0.148. The van der Waals surface area contributed by atoms with E-state index in [4.69, 9.17) is 0 Å². The van der Waals surface area contributed by atoms with Gasteiger partial charge >= 0.3 is 5.97 Å². The fourth-order valence-electron chi connectivity index (χ4n) is 0.836. The molecular formula is C10H10FNO3. The molecule has 0 heterocycles. The zero-order chi connectivity index (χ0) is 11.3. The SMILES string of the molecule is CCC(=O)ONC(=O)c1ccc(F)cc1. The number of hydroxylamine groups is 1. The van der Waals surface area contributed by atoms with Gasteiger partial charge in [-0.25, -0.2) is 9.18 Å². The summed E-state index contributed by atoms with van der Waals surface area (Å²) >= 11 is 0. The molecule has 0 aliphatic rings. The highest BCUT2D eigenvalue weighted by Crippen LogP contribution is 2.02. The Morgan fingerprint density at radius 3 is 2.47 bits per heavy atom. The van der Waals surface area contributed by atoms with Gasteiger partial charge in [0.1, 0.15) is 5.82 Å². The first-order chi connectivity index (χ1) is 7.13. The number of rotatable bonds is 2. The zero-order valence-corrected chi connectivity index (χ0v) is 8.12. The Labute approximate surface area is 86.0 Å². The van der Waals surface area contributed by atoms with Crippen LogP contribution in [0.5, 0.6) is 0 Å². The monoisotopic (exact) mass is 211 g/mol. The molecule has 1 N–H and O–H groups in total. The molecule has 0 bridgehead atoms. The molecule has 1 aromatic carbocycles. The number of halogens is 1. The Bertz CT molecular complexity index is 361. The number of benzene rings is 1. The second-order valence-corrected chi connectivity index (χ2v) is 2.77. The Hall–Kier alpha value is -1.91. The van der Waals surface area contributed by atoms with Gasteiger partial charge in [0, 0.05) is 12.0 Å². The average molecular weight is 211 g/mol. The fourth-order valence-corrected chi connectivity index (χ4v) is 0.836. The van der Waals surface area contributed by atoms with Gasteiger partial charge in [-0.3, -0.25) is 4.79 Å². The minimum atomic E-state index is -0.586. The summed E-state index contributed by atoms with van der Waals surface area (Å²) in [6.07, 6.45) is 0.170. The number of carbonyl (C=O) groups excluding carboxylic acids is 2. The Balaban J connectivity index is 2.54. The van der Waals surface area contributed by atoms with Crippen molar-refractivity contribution in [3.05, 3.63) is 35.6 Å². The maximum absolute atomic E-state index is 12.5. The van der Waals surface area contributed by atoms with E-state index in [2.05, 4.69) is 4.84 Å². The Morgan fingerprint density at radius 2 is 1.93 bits per heavy atom. The molecule has 4 nitrogen and oxygen atoms in total. The molecule has 0 radical (unpaired) electrons. The molecule has 1 aromatic rings. The molecule has 0 aliphatic heterocycles. The summed E-state index contributed by atoms with van der Waals surface area (Å²) in [6, 6.07) is 4.89. The standard InChI is InChI=1S/C10H10FNO3/c1-2-9(13)15-12-10(14)7-3-5-8(11)6-4-7/h3-6H,2H2,1H3,(H,12,14). The molecule has 0 saturated carbocycles. The van der Waals surface area contributed by atoms with E-state index in [0.717, 1.165) is 12.1 Å². The van der Waals surface area contributed by atoms with Crippen LogP contribution in [0.1, 0.15) is 23.7 Å². The number of hydrogen-bond donors (Lipinski definition) is 1. The maximum Gasteiger partial charge on any atom is 0.331 e. The van der Waals surface area contributed by atoms with Crippen LogP contribution < -0.4 is 5.48 Å². The van der Waals surface area contributed by atoms with Gasteiger partial charge in [-0.1, -0.05) is 6.92 Å². The highest BCUT2D eigenvalue weighted by molar-refractivity contribution is 5.94. The van der Waals surface area contributed by atoms with E-state index in [-0.39, 0.29) is 12.0 Å². The first-order valence-corrected chi connectivity index (χ1v) is 4.39. The quantitative estimate of drug-likeness (QED) is 0.753. The second-order valence-electron chi connectivity index (χ2n) is 2.77. The predicted octanol–water partition coefficient (Wildman–Crippen LogP) is 1.42. The van der Waals surface area contributed by atoms with Crippen LogP contribution in [0.25, 0.3) is 0 Å². The molecular weight excluding hydrogens is 201 g/mol. The lowest BCUT2D eigenvalue weighted by Gasteiger charge is -2.03. The van der Waals surface area contributed by atoms with Crippen LogP contribution in [0, 0.1) is 5.82 Å². The van der Waals surface area contributed by atoms with Crippen molar-refractivity contribution in [1.29, 1.82) is 0 Å². The molecule has 1 amide bonds. The van der Waals surface area contributed by atoms with E-state index >= 15 is 0 Å². The van der Waals surface area contributed by atoms with Crippen molar-refractivity contribution >= 4 is 11.9 Å². The summed E-state index contributed by atoms with van der Waals surface area (Å²) in [5.74, 6) is -1.56. The molecule has 1 rings (SSSR count). The van der Waals surface area contributed by atoms with E-state index in [1.54, 1.807) is 6.92 Å². The molecule has 0 unspecified atom stereocenters. The molecule has 0 saturated heterocycles. The summed E-state index contributed by atoms with van der Waals surface area (Å²) < 4.78 is 12.5. The molecule has 0 aliphatic carbocycles. The minimum Gasteiger partial charge on any atom is -0.341 e. The number of carbonyl (C=O) groups is 2. The normalized spacial score (nSPS) is 9.47. The highest BCUT2D eigenvalue weighted by Gasteiger charge is 2.07. The van der Waals surface area contributed by atoms with Crippen LogP contribution in [-0.2, 0) is 9.63 Å². The lowest BCUT2D eigenvalue weighted by atomic mass is 10.2. The molecule has 0 atom stereocenters. The van der Waals surface area contributed by atoms with Crippen molar-refractivity contribution < 1.29 is 18.8 Å². The van der Waals surface area contributed by atoms with Crippen molar-refractivity contribution in [3.63, 3.8) is 0 Å². The number of amides is 1. The molecule has 5 heteroatoms. The molecule has 0 aromatic heterocycles. The summed E-state index contributed by atoms with van der Waals surface area (Å²) in [5, 5.41) is 0. The Kier molecular flexibility index (Phi) is 3.79. The predicted molar refractivity (Wildman–Crippen MR) is 50.2 cm³/mol. The van der Waals surface area contributed by atoms with Crippen molar-refractivity contribution in [2.24, 2.45) is 0 Å². The molecule has 0 spiro atoms. The van der Waals surface area contributed by atoms with E-state index in [0.29, 0.717) is 0 Å². The minimum absolute atomic E-state index is 0.170. The van der Waals surface area contributed by atoms with E-state index in [9.17, 15) is 14.0 Å². The second kappa shape index (κ2) is 5.09. The van der Waals surface area contributed by atoms with Crippen LogP contribution in [0.2, 0.25) is 0 Å². The third kappa shape index (κ3) is 3.38. The van der Waals surface area contributed by atoms with Crippen LogP contribution in [0.3, 0.4) is 0 Å². The van der Waals surface area contributed by atoms with Crippen LogP contribution >= 0.6 is 0 Å². The zero-order valence-electron chi connectivity index (χ0n) is 8.12. The van der Waals surface area contributed by atoms with Crippen LogP contribution in [0.4, 0.5) is 4.39 Å². The highest BCUT2D eigenvalue weighted by atomic mass is 19.1. The fraction of sp³-hybridized carbons (Fsp3) is 0.200. The van der Waals surface area contributed by atoms with Crippen LogP contribution in [-0.4, -0.2) is 11.9 Å². The third-order valence-corrected chi connectivity index (χ3v) is 1.65. The van der Waals surface area contributed by atoms with E-state index in [1.165, 1.54) is 12.1 Å². The maximum atomic E-state index is 12.5. The van der Waals surface area contributed by atoms with Crippen molar-refractivity contribution in [2.45, 2.75) is 13.3 Å². The smallest absolute Gasteiger partial charge is 0.331 e. The Morgan fingerprint density at radius 1 is 1.33 bits per heavy atom. The van der Waals surface area contributed by atoms with Gasteiger partial charge in [-0.15, -0.1) is 0 Å². The van der Waals surface area contributed by atoms with Gasteiger partial charge in [0.15, 0.2) is 0 Å². The summed E-state index contributed by atoms with van der Waals surface area (Å²) in [5.41, 5.74) is 2.18. The van der Waals surface area contributed by atoms with Gasteiger partial charge in [0.2, 0.25) is 0 Å². The first-order valence-electron chi connectivity index (χ1n) is 4.39. The topological polar surface area (TPSA) is 55.4 Å². The molecule has 80 valence electrons. The summed E-state index contributed by atoms with van der Waals surface area (Å²) in [6.45, 7) is 1.60. The summed E-state index contributed by atoms with van der Waals surface area (Å²) in [4.78, 5) is 26.4. The number of hydrogen-bond acceptors (Lipinski definition) is 3. The third-order valence-electron chi connectivity index (χ3n) is 1.65. The largest absolute Gasteiger partial charge is 0.341 e. The van der Waals surface area contributed by atoms with Crippen molar-refractivity contribution in [2.75, 3.05) is 0 Å². The van der Waals surface area contributed by atoms with Crippen molar-refractivity contribution in [1.82, 2.24) is 5.48 Å².